The van der Waals surface area contributed by atoms with E-state index < -0.39 is 17.5 Å². The molecule has 8 heteroatoms. The third kappa shape index (κ3) is 3.26. The van der Waals surface area contributed by atoms with E-state index in [1.54, 1.807) is 11.9 Å². The van der Waals surface area contributed by atoms with Gasteiger partial charge in [-0.15, -0.1) is 0 Å². The van der Waals surface area contributed by atoms with E-state index in [-0.39, 0.29) is 11.5 Å². The van der Waals surface area contributed by atoms with Crippen LogP contribution in [0.2, 0.25) is 0 Å². The van der Waals surface area contributed by atoms with E-state index in [1.165, 1.54) is 4.68 Å². The van der Waals surface area contributed by atoms with Crippen LogP contribution in [0.1, 0.15) is 33.6 Å². The normalized spacial score (nSPS) is 15.3. The summed E-state index contributed by atoms with van der Waals surface area (Å²) in [5.41, 5.74) is 3.81. The Balaban J connectivity index is 1.46. The average molecular weight is 427 g/mol. The predicted molar refractivity (Wildman–Crippen MR) is 107 cm³/mol. The van der Waals surface area contributed by atoms with E-state index in [0.29, 0.717) is 43.1 Å². The number of rotatable bonds is 2. The Morgan fingerprint density at radius 3 is 2.65 bits per heavy atom. The van der Waals surface area contributed by atoms with Crippen LogP contribution >= 0.6 is 0 Å². The highest BCUT2D eigenvalue weighted by molar-refractivity contribution is 5.96. The molecular formula is C23H20F3N3O2. The predicted octanol–water partition coefficient (Wildman–Crippen LogP) is 4.03. The minimum absolute atomic E-state index is 0.0842. The lowest BCUT2D eigenvalue weighted by Crippen LogP contribution is -2.36. The summed E-state index contributed by atoms with van der Waals surface area (Å²) in [6.45, 7) is 1.39. The molecule has 0 aliphatic carbocycles. The van der Waals surface area contributed by atoms with E-state index in [1.807, 2.05) is 18.2 Å². The van der Waals surface area contributed by atoms with Gasteiger partial charge in [-0.2, -0.15) is 5.10 Å². The SMILES string of the molecule is Cn1nc2c(c1-c1cc(F)c(F)c(F)c1)CCN(C(=O)c1cccc3c1CCCO3)C2. The summed E-state index contributed by atoms with van der Waals surface area (Å²) in [5.74, 6) is -3.30. The molecule has 2 aliphatic rings. The minimum atomic E-state index is -1.49. The number of aryl methyl sites for hydroxylation is 1. The maximum Gasteiger partial charge on any atom is 0.254 e. The molecule has 0 spiro atoms. The fraction of sp³-hybridized carbons (Fsp3) is 0.304. The minimum Gasteiger partial charge on any atom is -0.493 e. The molecule has 2 aliphatic heterocycles. The molecule has 0 saturated carbocycles. The summed E-state index contributed by atoms with van der Waals surface area (Å²) in [4.78, 5) is 15.0. The van der Waals surface area contributed by atoms with Crippen molar-refractivity contribution in [2.24, 2.45) is 7.05 Å². The van der Waals surface area contributed by atoms with Crippen molar-refractivity contribution in [1.82, 2.24) is 14.7 Å². The summed E-state index contributed by atoms with van der Waals surface area (Å²) in [5, 5.41) is 4.48. The maximum atomic E-state index is 13.8. The van der Waals surface area contributed by atoms with Crippen LogP contribution in [0.4, 0.5) is 13.2 Å². The van der Waals surface area contributed by atoms with Gasteiger partial charge in [-0.1, -0.05) is 6.07 Å². The Labute approximate surface area is 177 Å². The Morgan fingerprint density at radius 2 is 1.87 bits per heavy atom. The zero-order chi connectivity index (χ0) is 21.7. The van der Waals surface area contributed by atoms with Gasteiger partial charge in [0.2, 0.25) is 0 Å². The van der Waals surface area contributed by atoms with Gasteiger partial charge in [-0.05, 0) is 43.5 Å². The lowest BCUT2D eigenvalue weighted by Gasteiger charge is -2.28. The van der Waals surface area contributed by atoms with Gasteiger partial charge in [-0.3, -0.25) is 9.48 Å². The van der Waals surface area contributed by atoms with E-state index >= 15 is 0 Å². The van der Waals surface area contributed by atoms with Crippen molar-refractivity contribution >= 4 is 5.91 Å². The first kappa shape index (κ1) is 19.7. The van der Waals surface area contributed by atoms with Gasteiger partial charge in [0.25, 0.3) is 5.91 Å². The van der Waals surface area contributed by atoms with Gasteiger partial charge in [0.1, 0.15) is 5.75 Å². The molecule has 5 rings (SSSR count). The van der Waals surface area contributed by atoms with Crippen molar-refractivity contribution in [3.05, 3.63) is 70.2 Å². The molecule has 160 valence electrons. The number of benzene rings is 2. The van der Waals surface area contributed by atoms with Crippen LogP contribution in [0.25, 0.3) is 11.3 Å². The topological polar surface area (TPSA) is 47.4 Å². The smallest absolute Gasteiger partial charge is 0.254 e. The number of hydrogen-bond acceptors (Lipinski definition) is 3. The van der Waals surface area contributed by atoms with Crippen LogP contribution in [0, 0.1) is 17.5 Å². The van der Waals surface area contributed by atoms with Gasteiger partial charge in [-0.25, -0.2) is 13.2 Å². The molecule has 2 aromatic carbocycles. The lowest BCUT2D eigenvalue weighted by molar-refractivity contribution is 0.0730. The molecule has 0 atom stereocenters. The van der Waals surface area contributed by atoms with E-state index in [2.05, 4.69) is 5.10 Å². The number of ether oxygens (including phenoxy) is 1. The first-order valence-corrected chi connectivity index (χ1v) is 10.2. The average Bonchev–Trinajstić information content (AvgIpc) is 3.11. The largest absolute Gasteiger partial charge is 0.493 e. The molecule has 1 amide bonds. The van der Waals surface area contributed by atoms with Gasteiger partial charge in [0.15, 0.2) is 17.5 Å². The second-order valence-corrected chi connectivity index (χ2v) is 7.86. The summed E-state index contributed by atoms with van der Waals surface area (Å²) in [6, 6.07) is 7.47. The Morgan fingerprint density at radius 1 is 1.10 bits per heavy atom. The van der Waals surface area contributed by atoms with E-state index in [0.717, 1.165) is 41.9 Å². The van der Waals surface area contributed by atoms with Crippen molar-refractivity contribution in [3.8, 4) is 17.0 Å². The van der Waals surface area contributed by atoms with Gasteiger partial charge < -0.3 is 9.64 Å². The maximum absolute atomic E-state index is 13.8. The number of hydrogen-bond donors (Lipinski definition) is 0. The monoisotopic (exact) mass is 427 g/mol. The van der Waals surface area contributed by atoms with Crippen LogP contribution in [-0.2, 0) is 26.4 Å². The highest BCUT2D eigenvalue weighted by atomic mass is 19.2. The van der Waals surface area contributed by atoms with Crippen LogP contribution in [0.5, 0.6) is 5.75 Å². The molecule has 1 aromatic heterocycles. The standard InChI is InChI=1S/C23H20F3N3O2/c1-28-22(13-10-17(24)21(26)18(25)11-13)16-7-8-29(12-19(16)27-28)23(30)15-4-2-6-20-14(15)5-3-9-31-20/h2,4,6,10-11H,3,5,7-9,12H2,1H3. The van der Waals surface area contributed by atoms with E-state index in [4.69, 9.17) is 4.74 Å². The third-order valence-corrected chi connectivity index (χ3v) is 5.94. The fourth-order valence-electron chi connectivity index (χ4n) is 4.51. The number of halogens is 3. The number of fused-ring (bicyclic) bond motifs is 2. The zero-order valence-corrected chi connectivity index (χ0v) is 16.9. The Hall–Kier alpha value is -3.29. The zero-order valence-electron chi connectivity index (χ0n) is 16.9. The number of carbonyl (C=O) groups excluding carboxylic acids is 1. The van der Waals surface area contributed by atoms with Gasteiger partial charge in [0, 0.05) is 35.8 Å². The number of nitrogens with zero attached hydrogens (tertiary/aromatic N) is 3. The van der Waals surface area contributed by atoms with Crippen LogP contribution in [0.15, 0.2) is 30.3 Å². The van der Waals surface area contributed by atoms with Gasteiger partial charge in [0.05, 0.1) is 24.5 Å². The molecule has 0 radical (unpaired) electrons. The molecule has 0 unspecified atom stereocenters. The van der Waals surface area contributed by atoms with Crippen molar-refractivity contribution in [1.29, 1.82) is 0 Å². The van der Waals surface area contributed by atoms with E-state index in [9.17, 15) is 18.0 Å². The molecule has 0 N–H and O–H groups in total. The summed E-state index contributed by atoms with van der Waals surface area (Å²) in [6.07, 6.45) is 2.15. The Bertz CT molecular complexity index is 1180. The molecular weight excluding hydrogens is 407 g/mol. The first-order valence-electron chi connectivity index (χ1n) is 10.2. The van der Waals surface area contributed by atoms with Crippen molar-refractivity contribution in [3.63, 3.8) is 0 Å². The highest BCUT2D eigenvalue weighted by Crippen LogP contribution is 2.33. The molecule has 0 fully saturated rings. The summed E-state index contributed by atoms with van der Waals surface area (Å²) >= 11 is 0. The second kappa shape index (κ2) is 7.44. The molecule has 3 heterocycles. The van der Waals surface area contributed by atoms with Crippen LogP contribution < -0.4 is 4.74 Å². The molecule has 0 saturated heterocycles. The third-order valence-electron chi connectivity index (χ3n) is 5.94. The lowest BCUT2D eigenvalue weighted by atomic mass is 9.96. The molecule has 3 aromatic rings. The number of carbonyl (C=O) groups is 1. The highest BCUT2D eigenvalue weighted by Gasteiger charge is 2.30. The van der Waals surface area contributed by atoms with Crippen LogP contribution in [0.3, 0.4) is 0 Å². The first-order chi connectivity index (χ1) is 14.9. The van der Waals surface area contributed by atoms with Crippen molar-refractivity contribution in [2.75, 3.05) is 13.2 Å². The van der Waals surface area contributed by atoms with Crippen molar-refractivity contribution < 1.29 is 22.7 Å². The molecule has 0 bridgehead atoms. The van der Waals surface area contributed by atoms with Gasteiger partial charge >= 0.3 is 0 Å². The molecule has 31 heavy (non-hydrogen) atoms. The quantitative estimate of drug-likeness (QED) is 0.581. The summed E-state index contributed by atoms with van der Waals surface area (Å²) < 4.78 is 48.2. The number of aromatic nitrogens is 2. The molecule has 5 nitrogen and oxygen atoms in total. The summed E-state index contributed by atoms with van der Waals surface area (Å²) in [7, 11) is 1.67. The van der Waals surface area contributed by atoms with Crippen molar-refractivity contribution in [2.45, 2.75) is 25.8 Å². The number of amides is 1. The second-order valence-electron chi connectivity index (χ2n) is 7.86. The Kier molecular flexibility index (Phi) is 4.72. The van der Waals surface area contributed by atoms with Crippen LogP contribution in [-0.4, -0.2) is 33.7 Å². The fourth-order valence-corrected chi connectivity index (χ4v) is 4.51.